The SMILES string of the molecule is CC(=O)/C=C(/C)O.O.O.[La]. The molecule has 0 bridgehead atoms. The van der Waals surface area contributed by atoms with E-state index in [-0.39, 0.29) is 58.1 Å². The molecular formula is C5H12LaO4. The molecular weight excluding hydrogens is 263 g/mol. The summed E-state index contributed by atoms with van der Waals surface area (Å²) in [5, 5.41) is 8.36. The fraction of sp³-hybridized carbons (Fsp3) is 0.400. The fourth-order valence-corrected chi connectivity index (χ4v) is 0.294. The second-order valence-corrected chi connectivity index (χ2v) is 1.40. The Hall–Kier alpha value is 0.325. The van der Waals surface area contributed by atoms with Crippen molar-refractivity contribution in [3.8, 4) is 0 Å². The van der Waals surface area contributed by atoms with Gasteiger partial charge in [0.1, 0.15) is 0 Å². The average molecular weight is 275 g/mol. The number of carbonyl (C=O) groups excluding carboxylic acids is 1. The van der Waals surface area contributed by atoms with E-state index in [1.165, 1.54) is 19.9 Å². The summed E-state index contributed by atoms with van der Waals surface area (Å²) in [5.41, 5.74) is 0. The molecule has 0 amide bonds. The first-order valence-corrected chi connectivity index (χ1v) is 2.01. The number of ketones is 1. The van der Waals surface area contributed by atoms with Crippen molar-refractivity contribution in [2.75, 3.05) is 0 Å². The van der Waals surface area contributed by atoms with Crippen LogP contribution in [-0.2, 0) is 4.79 Å². The number of hydrogen-bond acceptors (Lipinski definition) is 2. The third-order valence-corrected chi connectivity index (χ3v) is 0.412. The molecule has 59 valence electrons. The normalized spacial score (nSPS) is 8.00. The van der Waals surface area contributed by atoms with Crippen LogP contribution in [0.2, 0.25) is 0 Å². The van der Waals surface area contributed by atoms with Gasteiger partial charge in [0, 0.05) is 41.7 Å². The van der Waals surface area contributed by atoms with Crippen LogP contribution in [0.1, 0.15) is 13.8 Å². The molecule has 5 N–H and O–H groups in total. The van der Waals surface area contributed by atoms with Crippen LogP contribution < -0.4 is 0 Å². The van der Waals surface area contributed by atoms with Crippen molar-refractivity contribution in [2.24, 2.45) is 0 Å². The third kappa shape index (κ3) is 23.9. The molecule has 0 aliphatic carbocycles. The van der Waals surface area contributed by atoms with E-state index >= 15 is 0 Å². The Bertz CT molecular complexity index is 106. The summed E-state index contributed by atoms with van der Waals surface area (Å²) in [6.07, 6.45) is 1.17. The number of aliphatic hydroxyl groups is 1. The van der Waals surface area contributed by atoms with E-state index in [1.807, 2.05) is 0 Å². The molecule has 0 aromatic carbocycles. The first-order valence-electron chi connectivity index (χ1n) is 2.01. The van der Waals surface area contributed by atoms with Crippen molar-refractivity contribution in [1.82, 2.24) is 0 Å². The van der Waals surface area contributed by atoms with Gasteiger partial charge in [0.15, 0.2) is 5.78 Å². The van der Waals surface area contributed by atoms with Crippen molar-refractivity contribution in [2.45, 2.75) is 13.8 Å². The average Bonchev–Trinajstić information content (AvgIpc) is 1.27. The van der Waals surface area contributed by atoms with Gasteiger partial charge in [0.2, 0.25) is 0 Å². The molecule has 0 saturated carbocycles. The van der Waals surface area contributed by atoms with Gasteiger partial charge in [-0.1, -0.05) is 0 Å². The molecule has 10 heavy (non-hydrogen) atoms. The second-order valence-electron chi connectivity index (χ2n) is 1.40. The van der Waals surface area contributed by atoms with Gasteiger partial charge in [-0.3, -0.25) is 4.79 Å². The molecule has 0 aromatic rings. The van der Waals surface area contributed by atoms with Gasteiger partial charge in [0.05, 0.1) is 5.76 Å². The van der Waals surface area contributed by atoms with Gasteiger partial charge in [-0.25, -0.2) is 0 Å². The largest absolute Gasteiger partial charge is 0.512 e. The van der Waals surface area contributed by atoms with Gasteiger partial charge in [-0.05, 0) is 13.8 Å². The maximum absolute atomic E-state index is 10.0. The van der Waals surface area contributed by atoms with Crippen LogP contribution in [-0.4, -0.2) is 21.8 Å². The molecule has 0 aliphatic rings. The van der Waals surface area contributed by atoms with Gasteiger partial charge in [-0.2, -0.15) is 0 Å². The molecule has 0 saturated heterocycles. The van der Waals surface area contributed by atoms with Crippen LogP contribution in [0.4, 0.5) is 0 Å². The molecule has 5 heteroatoms. The summed E-state index contributed by atoms with van der Waals surface area (Å²) < 4.78 is 0. The van der Waals surface area contributed by atoms with Crippen LogP contribution in [0.5, 0.6) is 0 Å². The second kappa shape index (κ2) is 12.0. The molecule has 0 unspecified atom stereocenters. The molecule has 0 atom stereocenters. The van der Waals surface area contributed by atoms with E-state index in [9.17, 15) is 4.79 Å². The zero-order chi connectivity index (χ0) is 5.86. The summed E-state index contributed by atoms with van der Waals surface area (Å²) in [5.74, 6) is -0.0625. The maximum atomic E-state index is 10.0. The Kier molecular flexibility index (Phi) is 27.0. The summed E-state index contributed by atoms with van der Waals surface area (Å²) in [6.45, 7) is 2.85. The van der Waals surface area contributed by atoms with Gasteiger partial charge in [-0.15, -0.1) is 0 Å². The molecule has 4 nitrogen and oxygen atoms in total. The van der Waals surface area contributed by atoms with E-state index in [1.54, 1.807) is 0 Å². The standard InChI is InChI=1S/C5H8O2.La.2H2O/c1-4(6)3-5(2)7;;;/h3,6H,1-2H3;;2*1H2/b4-3-;;;. The Balaban J connectivity index is -0.0000000600. The van der Waals surface area contributed by atoms with Crippen LogP contribution in [0.25, 0.3) is 0 Å². The zero-order valence-corrected chi connectivity index (χ0v) is 9.64. The number of carbonyl (C=O) groups is 1. The third-order valence-electron chi connectivity index (χ3n) is 0.412. The molecule has 0 fully saturated rings. The minimum Gasteiger partial charge on any atom is -0.512 e. The van der Waals surface area contributed by atoms with Crippen LogP contribution in [0.3, 0.4) is 0 Å². The van der Waals surface area contributed by atoms with Crippen molar-refractivity contribution in [3.05, 3.63) is 11.8 Å². The number of hydrogen-bond donors (Lipinski definition) is 1. The Morgan fingerprint density at radius 3 is 1.60 bits per heavy atom. The fourth-order valence-electron chi connectivity index (χ4n) is 0.294. The smallest absolute Gasteiger partial charge is 0.155 e. The molecule has 0 heterocycles. The van der Waals surface area contributed by atoms with Gasteiger partial charge < -0.3 is 16.1 Å². The van der Waals surface area contributed by atoms with E-state index in [0.717, 1.165) is 0 Å². The minimum atomic E-state index is -0.125. The number of aliphatic hydroxyl groups excluding tert-OH is 1. The predicted molar refractivity (Wildman–Crippen MR) is 34.3 cm³/mol. The number of allylic oxidation sites excluding steroid dienone is 2. The van der Waals surface area contributed by atoms with Crippen molar-refractivity contribution in [3.63, 3.8) is 0 Å². The monoisotopic (exact) mass is 275 g/mol. The van der Waals surface area contributed by atoms with Crippen molar-refractivity contribution >= 4 is 5.78 Å². The molecule has 0 aromatic heterocycles. The molecule has 1 radical (unpaired) electrons. The first kappa shape index (κ1) is 22.4. The Labute approximate surface area is 87.5 Å². The Morgan fingerprint density at radius 2 is 1.60 bits per heavy atom. The zero-order valence-electron chi connectivity index (χ0n) is 6.01. The topological polar surface area (TPSA) is 100 Å². The van der Waals surface area contributed by atoms with Crippen molar-refractivity contribution in [1.29, 1.82) is 0 Å². The van der Waals surface area contributed by atoms with E-state index in [0.29, 0.717) is 0 Å². The van der Waals surface area contributed by atoms with E-state index < -0.39 is 0 Å². The molecule has 0 spiro atoms. The quantitative estimate of drug-likeness (QED) is 0.509. The van der Waals surface area contributed by atoms with E-state index in [2.05, 4.69) is 0 Å². The van der Waals surface area contributed by atoms with Crippen LogP contribution >= 0.6 is 0 Å². The summed E-state index contributed by atoms with van der Waals surface area (Å²) in [4.78, 5) is 10.0. The maximum Gasteiger partial charge on any atom is 0.155 e. The van der Waals surface area contributed by atoms with Gasteiger partial charge in [0.25, 0.3) is 0 Å². The van der Waals surface area contributed by atoms with Crippen molar-refractivity contribution < 1.29 is 56.5 Å². The first-order chi connectivity index (χ1) is 3.13. The van der Waals surface area contributed by atoms with Gasteiger partial charge >= 0.3 is 0 Å². The summed E-state index contributed by atoms with van der Waals surface area (Å²) >= 11 is 0. The Morgan fingerprint density at radius 1 is 1.30 bits per heavy atom. The van der Waals surface area contributed by atoms with Crippen LogP contribution in [0, 0.1) is 35.6 Å². The summed E-state index contributed by atoms with van der Waals surface area (Å²) in [7, 11) is 0. The van der Waals surface area contributed by atoms with E-state index in [4.69, 9.17) is 5.11 Å². The molecule has 0 rings (SSSR count). The predicted octanol–water partition coefficient (Wildman–Crippen LogP) is -0.612. The van der Waals surface area contributed by atoms with Crippen LogP contribution in [0.15, 0.2) is 11.8 Å². The molecule has 0 aliphatic heterocycles. The number of rotatable bonds is 1. The minimum absolute atomic E-state index is 0. The summed E-state index contributed by atoms with van der Waals surface area (Å²) in [6, 6.07) is 0.